The topological polar surface area (TPSA) is 75.3 Å². The minimum atomic E-state index is -3.88. The highest BCUT2D eigenvalue weighted by Gasteiger charge is 2.19. The van der Waals surface area contributed by atoms with Crippen LogP contribution in [0, 0.1) is 13.8 Å². The monoisotopic (exact) mass is 492 g/mol. The number of hydrogen-bond donors (Lipinski definition) is 2. The Morgan fingerprint density at radius 2 is 1.76 bits per heavy atom. The maximum Gasteiger partial charge on any atom is 0.261 e. The molecule has 0 aliphatic heterocycles. The van der Waals surface area contributed by atoms with Gasteiger partial charge in [-0.05, 0) is 73.5 Å². The standard InChI is InChI=1S/C21H18BrClN2O3S/c1-13-4-3-5-16(10-13)25-29(27,28)17-7-8-19(23)18(12-17)21(26)24-20-9-6-15(22)11-14(20)2/h3-12,25H,1-2H3,(H,24,26). The smallest absolute Gasteiger partial charge is 0.261 e. The highest BCUT2D eigenvalue weighted by molar-refractivity contribution is 9.10. The minimum Gasteiger partial charge on any atom is -0.322 e. The number of benzene rings is 3. The van der Waals surface area contributed by atoms with Crippen LogP contribution in [-0.4, -0.2) is 14.3 Å². The van der Waals surface area contributed by atoms with Gasteiger partial charge in [-0.3, -0.25) is 9.52 Å². The van der Waals surface area contributed by atoms with Gasteiger partial charge in [-0.25, -0.2) is 8.42 Å². The molecule has 3 aromatic carbocycles. The summed E-state index contributed by atoms with van der Waals surface area (Å²) in [5.41, 5.74) is 2.90. The SMILES string of the molecule is Cc1cccc(NS(=O)(=O)c2ccc(Cl)c(C(=O)Nc3ccc(Br)cc3C)c2)c1. The molecule has 0 bridgehead atoms. The number of aryl methyl sites for hydroxylation is 2. The summed E-state index contributed by atoms with van der Waals surface area (Å²) in [6, 6.07) is 16.5. The van der Waals surface area contributed by atoms with Gasteiger partial charge in [0.2, 0.25) is 0 Å². The zero-order valence-electron chi connectivity index (χ0n) is 15.7. The van der Waals surface area contributed by atoms with Gasteiger partial charge < -0.3 is 5.32 Å². The van der Waals surface area contributed by atoms with Crippen molar-refractivity contribution >= 4 is 54.8 Å². The van der Waals surface area contributed by atoms with Crippen LogP contribution in [0.4, 0.5) is 11.4 Å². The highest BCUT2D eigenvalue weighted by atomic mass is 79.9. The molecule has 0 aliphatic rings. The van der Waals surface area contributed by atoms with E-state index in [1.165, 1.54) is 18.2 Å². The Morgan fingerprint density at radius 1 is 1.00 bits per heavy atom. The Hall–Kier alpha value is -2.35. The van der Waals surface area contributed by atoms with E-state index < -0.39 is 15.9 Å². The first-order valence-electron chi connectivity index (χ1n) is 8.62. The fourth-order valence-corrected chi connectivity index (χ4v) is 4.48. The summed E-state index contributed by atoms with van der Waals surface area (Å²) in [4.78, 5) is 12.7. The first-order chi connectivity index (χ1) is 13.7. The van der Waals surface area contributed by atoms with Crippen LogP contribution in [0.1, 0.15) is 21.5 Å². The maximum atomic E-state index is 12.8. The first kappa shape index (κ1) is 21.4. The second-order valence-corrected chi connectivity index (χ2v) is 9.54. The van der Waals surface area contributed by atoms with Gasteiger partial charge in [-0.1, -0.05) is 39.7 Å². The van der Waals surface area contributed by atoms with E-state index in [0.29, 0.717) is 11.4 Å². The number of rotatable bonds is 5. The number of hydrogen-bond acceptors (Lipinski definition) is 3. The molecule has 0 saturated heterocycles. The van der Waals surface area contributed by atoms with Crippen molar-refractivity contribution in [3.8, 4) is 0 Å². The van der Waals surface area contributed by atoms with E-state index in [9.17, 15) is 13.2 Å². The van der Waals surface area contributed by atoms with Crippen LogP contribution in [0.15, 0.2) is 70.0 Å². The largest absolute Gasteiger partial charge is 0.322 e. The summed E-state index contributed by atoms with van der Waals surface area (Å²) in [5.74, 6) is -0.493. The van der Waals surface area contributed by atoms with Crippen LogP contribution in [0.5, 0.6) is 0 Å². The van der Waals surface area contributed by atoms with Gasteiger partial charge in [0.05, 0.1) is 15.5 Å². The van der Waals surface area contributed by atoms with E-state index in [4.69, 9.17) is 11.6 Å². The Kier molecular flexibility index (Phi) is 6.31. The van der Waals surface area contributed by atoms with Crippen molar-refractivity contribution in [3.05, 3.63) is 86.8 Å². The van der Waals surface area contributed by atoms with Crippen molar-refractivity contribution in [3.63, 3.8) is 0 Å². The number of halogens is 2. The van der Waals surface area contributed by atoms with Crippen molar-refractivity contribution in [1.82, 2.24) is 0 Å². The third-order valence-electron chi connectivity index (χ3n) is 4.20. The van der Waals surface area contributed by atoms with Crippen LogP contribution in [0.3, 0.4) is 0 Å². The molecule has 8 heteroatoms. The van der Waals surface area contributed by atoms with Crippen LogP contribution >= 0.6 is 27.5 Å². The number of nitrogens with one attached hydrogen (secondary N) is 2. The predicted octanol–water partition coefficient (Wildman–Crippen LogP) is 5.77. The molecule has 1 amide bonds. The molecule has 29 heavy (non-hydrogen) atoms. The second kappa shape index (κ2) is 8.57. The lowest BCUT2D eigenvalue weighted by molar-refractivity contribution is 0.102. The van der Waals surface area contributed by atoms with Gasteiger partial charge in [0.1, 0.15) is 0 Å². The molecule has 0 aromatic heterocycles. The minimum absolute atomic E-state index is 0.0546. The first-order valence-corrected chi connectivity index (χ1v) is 11.3. The molecule has 3 aromatic rings. The molecule has 0 heterocycles. The van der Waals surface area contributed by atoms with E-state index in [1.54, 1.807) is 30.3 Å². The molecule has 0 aliphatic carbocycles. The second-order valence-electron chi connectivity index (χ2n) is 6.53. The third-order valence-corrected chi connectivity index (χ3v) is 6.40. The Balaban J connectivity index is 1.89. The molecule has 0 atom stereocenters. The predicted molar refractivity (Wildman–Crippen MR) is 120 cm³/mol. The fraction of sp³-hybridized carbons (Fsp3) is 0.0952. The summed E-state index contributed by atoms with van der Waals surface area (Å²) in [7, 11) is -3.88. The molecule has 150 valence electrons. The Labute approximate surface area is 183 Å². The molecule has 2 N–H and O–H groups in total. The van der Waals surface area contributed by atoms with E-state index in [1.807, 2.05) is 26.0 Å². The summed E-state index contributed by atoms with van der Waals surface area (Å²) < 4.78 is 28.9. The van der Waals surface area contributed by atoms with E-state index in [0.717, 1.165) is 15.6 Å². The number of amides is 1. The van der Waals surface area contributed by atoms with Crippen LogP contribution < -0.4 is 10.0 Å². The lowest BCUT2D eigenvalue weighted by atomic mass is 10.1. The van der Waals surface area contributed by atoms with Crippen molar-refractivity contribution in [1.29, 1.82) is 0 Å². The van der Waals surface area contributed by atoms with Crippen LogP contribution in [0.2, 0.25) is 5.02 Å². The van der Waals surface area contributed by atoms with Gasteiger partial charge >= 0.3 is 0 Å². The molecule has 5 nitrogen and oxygen atoms in total. The van der Waals surface area contributed by atoms with Gasteiger partial charge in [0.15, 0.2) is 0 Å². The molecular weight excluding hydrogens is 476 g/mol. The maximum absolute atomic E-state index is 12.8. The quantitative estimate of drug-likeness (QED) is 0.473. The molecule has 0 fully saturated rings. The summed E-state index contributed by atoms with van der Waals surface area (Å²) >= 11 is 9.54. The van der Waals surface area contributed by atoms with Crippen molar-refractivity contribution < 1.29 is 13.2 Å². The van der Waals surface area contributed by atoms with Gasteiger partial charge in [0.25, 0.3) is 15.9 Å². The van der Waals surface area contributed by atoms with E-state index in [-0.39, 0.29) is 15.5 Å². The Bertz CT molecular complexity index is 1200. The molecule has 0 unspecified atom stereocenters. The van der Waals surface area contributed by atoms with Crippen LogP contribution in [-0.2, 0) is 10.0 Å². The van der Waals surface area contributed by atoms with E-state index >= 15 is 0 Å². The fourth-order valence-electron chi connectivity index (χ4n) is 2.73. The Morgan fingerprint density at radius 3 is 2.45 bits per heavy atom. The van der Waals surface area contributed by atoms with Gasteiger partial charge in [0, 0.05) is 15.8 Å². The summed E-state index contributed by atoms with van der Waals surface area (Å²) in [6.45, 7) is 3.72. The summed E-state index contributed by atoms with van der Waals surface area (Å²) in [5, 5.41) is 2.93. The van der Waals surface area contributed by atoms with Crippen molar-refractivity contribution in [2.45, 2.75) is 18.7 Å². The van der Waals surface area contributed by atoms with Crippen LogP contribution in [0.25, 0.3) is 0 Å². The van der Waals surface area contributed by atoms with Crippen molar-refractivity contribution in [2.75, 3.05) is 10.0 Å². The molecule has 3 rings (SSSR count). The molecule has 0 spiro atoms. The zero-order valence-corrected chi connectivity index (χ0v) is 18.8. The lowest BCUT2D eigenvalue weighted by Crippen LogP contribution is -2.17. The number of carbonyl (C=O) groups excluding carboxylic acids is 1. The lowest BCUT2D eigenvalue weighted by Gasteiger charge is -2.12. The molecular formula is C21H18BrClN2O3S. The van der Waals surface area contributed by atoms with Gasteiger partial charge in [-0.15, -0.1) is 0 Å². The average molecular weight is 494 g/mol. The number of carbonyl (C=O) groups is 1. The average Bonchev–Trinajstić information content (AvgIpc) is 2.63. The van der Waals surface area contributed by atoms with Gasteiger partial charge in [-0.2, -0.15) is 0 Å². The number of anilines is 2. The van der Waals surface area contributed by atoms with E-state index in [2.05, 4.69) is 26.0 Å². The third kappa shape index (κ3) is 5.18. The molecule has 0 radical (unpaired) electrons. The normalized spacial score (nSPS) is 11.2. The highest BCUT2D eigenvalue weighted by Crippen LogP contribution is 2.25. The van der Waals surface area contributed by atoms with Crippen molar-refractivity contribution in [2.24, 2.45) is 0 Å². The zero-order chi connectivity index (χ0) is 21.2. The summed E-state index contributed by atoms with van der Waals surface area (Å²) in [6.07, 6.45) is 0. The molecule has 0 saturated carbocycles. The number of sulfonamides is 1.